The van der Waals surface area contributed by atoms with Crippen LogP contribution in [0.1, 0.15) is 53.9 Å². The van der Waals surface area contributed by atoms with Gasteiger partial charge in [0.25, 0.3) is 11.8 Å². The summed E-state index contributed by atoms with van der Waals surface area (Å²) in [7, 11) is 4.97. The highest BCUT2D eigenvalue weighted by Crippen LogP contribution is 2.21. The number of imide groups is 1. The van der Waals surface area contributed by atoms with Crippen LogP contribution in [0.25, 0.3) is 0 Å². The fourth-order valence-electron chi connectivity index (χ4n) is 5.11. The van der Waals surface area contributed by atoms with Crippen LogP contribution in [-0.2, 0) is 42.9 Å². The molecule has 1 aliphatic rings. The van der Waals surface area contributed by atoms with Gasteiger partial charge >= 0.3 is 0 Å². The Bertz CT molecular complexity index is 936. The fraction of sp³-hybridized carbons (Fsp3) is 0.774. The van der Waals surface area contributed by atoms with Crippen molar-refractivity contribution < 1.29 is 42.9 Å². The van der Waals surface area contributed by atoms with Gasteiger partial charge in [-0.15, -0.1) is 0 Å². The van der Waals surface area contributed by atoms with Crippen molar-refractivity contribution in [2.75, 3.05) is 73.9 Å². The standard InChI is InChI=1S/C31H54N4O9/c1-9-23(5)30(24(10-2)41-8)34(7)28(39)21-32-31(40)29(22(3)4)33(6)25(36)13-15-42-17-19-44-20-18-43-16-14-35-26(37)11-12-27(35)38/h11-12,22-24,29-30H,9-10,13-21H2,1-8H3,(H,32,40). The van der Waals surface area contributed by atoms with Crippen molar-refractivity contribution in [3.63, 3.8) is 0 Å². The van der Waals surface area contributed by atoms with E-state index in [4.69, 9.17) is 18.9 Å². The van der Waals surface area contributed by atoms with E-state index >= 15 is 0 Å². The second kappa shape index (κ2) is 21.0. The number of methoxy groups -OCH3 is 1. The third-order valence-electron chi connectivity index (χ3n) is 7.84. The molecule has 252 valence electrons. The van der Waals surface area contributed by atoms with Crippen LogP contribution in [0.3, 0.4) is 0 Å². The van der Waals surface area contributed by atoms with Crippen molar-refractivity contribution in [1.29, 1.82) is 0 Å². The Morgan fingerprint density at radius 3 is 1.86 bits per heavy atom. The van der Waals surface area contributed by atoms with Crippen LogP contribution in [0.5, 0.6) is 0 Å². The second-order valence-electron chi connectivity index (χ2n) is 11.2. The van der Waals surface area contributed by atoms with Gasteiger partial charge in [-0.3, -0.25) is 28.9 Å². The van der Waals surface area contributed by atoms with Gasteiger partial charge in [0, 0.05) is 33.4 Å². The Morgan fingerprint density at radius 2 is 1.36 bits per heavy atom. The largest absolute Gasteiger partial charge is 0.379 e. The van der Waals surface area contributed by atoms with Gasteiger partial charge in [0.15, 0.2) is 0 Å². The summed E-state index contributed by atoms with van der Waals surface area (Å²) in [4.78, 5) is 66.1. The number of carbonyl (C=O) groups excluding carboxylic acids is 5. The molecule has 0 fully saturated rings. The molecule has 1 N–H and O–H groups in total. The summed E-state index contributed by atoms with van der Waals surface area (Å²) >= 11 is 0. The van der Waals surface area contributed by atoms with E-state index < -0.39 is 6.04 Å². The van der Waals surface area contributed by atoms with E-state index in [0.29, 0.717) is 19.8 Å². The Kier molecular flexibility index (Phi) is 18.7. The van der Waals surface area contributed by atoms with Crippen LogP contribution in [0.2, 0.25) is 0 Å². The topological polar surface area (TPSA) is 144 Å². The van der Waals surface area contributed by atoms with E-state index in [1.165, 1.54) is 17.1 Å². The second-order valence-corrected chi connectivity index (χ2v) is 11.2. The number of carbonyl (C=O) groups is 5. The molecule has 0 aromatic carbocycles. The first-order chi connectivity index (χ1) is 20.9. The van der Waals surface area contributed by atoms with Gasteiger partial charge in [0.1, 0.15) is 6.04 Å². The average molecular weight is 627 g/mol. The molecule has 44 heavy (non-hydrogen) atoms. The Labute approximate surface area is 262 Å². The van der Waals surface area contributed by atoms with Crippen molar-refractivity contribution in [3.05, 3.63) is 12.2 Å². The van der Waals surface area contributed by atoms with Gasteiger partial charge in [-0.25, -0.2) is 0 Å². The third kappa shape index (κ3) is 12.6. The lowest BCUT2D eigenvalue weighted by molar-refractivity contribution is -0.143. The van der Waals surface area contributed by atoms with Gasteiger partial charge in [0.05, 0.1) is 71.3 Å². The van der Waals surface area contributed by atoms with Crippen LogP contribution in [0.15, 0.2) is 12.2 Å². The highest BCUT2D eigenvalue weighted by Gasteiger charge is 2.33. The van der Waals surface area contributed by atoms with Gasteiger partial charge in [-0.2, -0.15) is 0 Å². The lowest BCUT2D eigenvalue weighted by Crippen LogP contribution is -2.54. The quantitative estimate of drug-likeness (QED) is 0.131. The number of rotatable bonds is 23. The zero-order valence-electron chi connectivity index (χ0n) is 27.8. The first kappa shape index (κ1) is 39.2. The Balaban J connectivity index is 2.37. The van der Waals surface area contributed by atoms with Crippen molar-refractivity contribution in [3.8, 4) is 0 Å². The summed E-state index contributed by atoms with van der Waals surface area (Å²) in [5.74, 6) is -1.48. The minimum absolute atomic E-state index is 0.0899. The zero-order chi connectivity index (χ0) is 33.2. The molecule has 4 unspecified atom stereocenters. The highest BCUT2D eigenvalue weighted by molar-refractivity contribution is 6.12. The lowest BCUT2D eigenvalue weighted by Gasteiger charge is -2.37. The van der Waals surface area contributed by atoms with E-state index in [9.17, 15) is 24.0 Å². The van der Waals surface area contributed by atoms with Gasteiger partial charge in [-0.05, 0) is 18.3 Å². The molecule has 0 radical (unpaired) electrons. The first-order valence-electron chi connectivity index (χ1n) is 15.5. The normalized spacial score (nSPS) is 15.8. The summed E-state index contributed by atoms with van der Waals surface area (Å²) in [5, 5.41) is 2.74. The molecule has 1 heterocycles. The molecule has 13 heteroatoms. The van der Waals surface area contributed by atoms with Crippen LogP contribution in [-0.4, -0.2) is 136 Å². The van der Waals surface area contributed by atoms with Crippen molar-refractivity contribution in [2.24, 2.45) is 11.8 Å². The van der Waals surface area contributed by atoms with E-state index in [1.54, 1.807) is 26.1 Å². The molecular formula is C31H54N4O9. The molecule has 4 atom stereocenters. The maximum absolute atomic E-state index is 13.1. The molecule has 1 rings (SSSR count). The summed E-state index contributed by atoms with van der Waals surface area (Å²) in [6.45, 7) is 11.5. The molecule has 0 aliphatic carbocycles. The highest BCUT2D eigenvalue weighted by atomic mass is 16.5. The Hall–Kier alpha value is -2.87. The number of nitrogens with zero attached hydrogens (tertiary/aromatic N) is 3. The predicted octanol–water partition coefficient (Wildman–Crippen LogP) is 1.25. The summed E-state index contributed by atoms with van der Waals surface area (Å²) < 4.78 is 21.9. The summed E-state index contributed by atoms with van der Waals surface area (Å²) in [6, 6.07) is -0.860. The number of ether oxygens (including phenoxy) is 4. The molecular weight excluding hydrogens is 572 g/mol. The number of likely N-dealkylation sites (N-methyl/N-ethyl adjacent to an activating group) is 2. The molecule has 0 aromatic heterocycles. The third-order valence-corrected chi connectivity index (χ3v) is 7.84. The average Bonchev–Trinajstić information content (AvgIpc) is 3.32. The number of nitrogens with one attached hydrogen (secondary N) is 1. The van der Waals surface area contributed by atoms with Crippen LogP contribution >= 0.6 is 0 Å². The molecule has 0 saturated heterocycles. The van der Waals surface area contributed by atoms with Crippen LogP contribution < -0.4 is 5.32 Å². The molecule has 0 aromatic rings. The number of hydrogen-bond donors (Lipinski definition) is 1. The van der Waals surface area contributed by atoms with E-state index in [-0.39, 0.29) is 92.8 Å². The molecule has 1 aliphatic heterocycles. The lowest BCUT2D eigenvalue weighted by atomic mass is 9.91. The van der Waals surface area contributed by atoms with Gasteiger partial charge in [-0.1, -0.05) is 41.0 Å². The van der Waals surface area contributed by atoms with Crippen LogP contribution in [0.4, 0.5) is 0 Å². The van der Waals surface area contributed by atoms with Gasteiger partial charge in [0.2, 0.25) is 17.7 Å². The monoisotopic (exact) mass is 626 g/mol. The Morgan fingerprint density at radius 1 is 0.818 bits per heavy atom. The van der Waals surface area contributed by atoms with Crippen molar-refractivity contribution in [1.82, 2.24) is 20.0 Å². The summed E-state index contributed by atoms with van der Waals surface area (Å²) in [6.07, 6.45) is 4.09. The number of amides is 5. The summed E-state index contributed by atoms with van der Waals surface area (Å²) in [5.41, 5.74) is 0. The molecule has 0 spiro atoms. The molecule has 0 saturated carbocycles. The minimum Gasteiger partial charge on any atom is -0.379 e. The smallest absolute Gasteiger partial charge is 0.253 e. The van der Waals surface area contributed by atoms with E-state index in [0.717, 1.165) is 17.7 Å². The maximum atomic E-state index is 13.1. The van der Waals surface area contributed by atoms with E-state index in [1.807, 2.05) is 20.8 Å². The molecule has 5 amide bonds. The zero-order valence-corrected chi connectivity index (χ0v) is 27.8. The molecule has 13 nitrogen and oxygen atoms in total. The van der Waals surface area contributed by atoms with E-state index in [2.05, 4.69) is 19.2 Å². The van der Waals surface area contributed by atoms with Crippen molar-refractivity contribution >= 4 is 29.5 Å². The SMILES string of the molecule is CCC(C)C(C(CC)OC)N(C)C(=O)CNC(=O)C(C(C)C)N(C)C(=O)CCOCCOCCOCCN1C(=O)C=CC1=O. The predicted molar refractivity (Wildman–Crippen MR) is 164 cm³/mol. The van der Waals surface area contributed by atoms with Gasteiger partial charge < -0.3 is 34.1 Å². The molecule has 0 bridgehead atoms. The number of hydrogen-bond acceptors (Lipinski definition) is 9. The maximum Gasteiger partial charge on any atom is 0.253 e. The van der Waals surface area contributed by atoms with Crippen molar-refractivity contribution in [2.45, 2.75) is 72.1 Å². The first-order valence-corrected chi connectivity index (χ1v) is 15.5. The van der Waals surface area contributed by atoms with Crippen LogP contribution in [0, 0.1) is 11.8 Å². The fourth-order valence-corrected chi connectivity index (χ4v) is 5.11. The minimum atomic E-state index is -0.741.